The third-order valence-electron chi connectivity index (χ3n) is 5.02. The maximum Gasteiger partial charge on any atom is 0.383 e. The van der Waals surface area contributed by atoms with Crippen molar-refractivity contribution in [1.82, 2.24) is 4.98 Å². The summed E-state index contributed by atoms with van der Waals surface area (Å²) in [4.78, 5) is 42.0. The van der Waals surface area contributed by atoms with Crippen molar-refractivity contribution in [2.45, 2.75) is 52.5 Å². The van der Waals surface area contributed by atoms with Crippen LogP contribution in [0.25, 0.3) is 0 Å². The van der Waals surface area contributed by atoms with Crippen LogP contribution in [0.1, 0.15) is 52.0 Å². The Balaban J connectivity index is 2.51. The molecule has 25 heavy (non-hydrogen) atoms. The fourth-order valence-electron chi connectivity index (χ4n) is 3.84. The van der Waals surface area contributed by atoms with Crippen LogP contribution in [0.15, 0.2) is 24.5 Å². The molecule has 0 saturated carbocycles. The average molecular weight is 347 g/mol. The number of likely N-dealkylation sites (tertiary alicyclic amines) is 1. The molecule has 1 saturated heterocycles. The largest absolute Gasteiger partial charge is 0.477 e. The van der Waals surface area contributed by atoms with E-state index in [1.165, 1.54) is 0 Å². The Bertz CT molecular complexity index is 666. The van der Waals surface area contributed by atoms with Gasteiger partial charge in [-0.15, -0.1) is 0 Å². The second kappa shape index (κ2) is 7.04. The molecular weight excluding hydrogens is 320 g/mol. The highest BCUT2D eigenvalue weighted by atomic mass is 16.4. The van der Waals surface area contributed by atoms with E-state index in [4.69, 9.17) is 0 Å². The molecule has 1 amide bonds. The smallest absolute Gasteiger partial charge is 0.383 e. The number of pyridine rings is 1. The minimum absolute atomic E-state index is 0.290. The molecule has 1 aliphatic rings. The van der Waals surface area contributed by atoms with Crippen molar-refractivity contribution in [2.75, 3.05) is 13.1 Å². The van der Waals surface area contributed by atoms with E-state index in [9.17, 15) is 19.5 Å². The van der Waals surface area contributed by atoms with Crippen LogP contribution in [-0.4, -0.2) is 51.4 Å². The van der Waals surface area contributed by atoms with Crippen molar-refractivity contribution in [1.29, 1.82) is 0 Å². The summed E-state index contributed by atoms with van der Waals surface area (Å²) < 4.78 is -0.290. The number of carbonyl (C=O) groups is 3. The lowest BCUT2D eigenvalue weighted by atomic mass is 9.88. The lowest BCUT2D eigenvalue weighted by Gasteiger charge is -2.37. The zero-order valence-electron chi connectivity index (χ0n) is 15.4. The molecule has 136 valence electrons. The monoisotopic (exact) mass is 347 g/mol. The zero-order valence-corrected chi connectivity index (χ0v) is 15.4. The molecule has 2 unspecified atom stereocenters. The molecule has 3 atom stereocenters. The summed E-state index contributed by atoms with van der Waals surface area (Å²) in [6.07, 6.45) is 4.47. The summed E-state index contributed by atoms with van der Waals surface area (Å²) in [7, 11) is 0. The number of quaternary nitrogens is 1. The molecule has 6 nitrogen and oxygen atoms in total. The van der Waals surface area contributed by atoms with Crippen molar-refractivity contribution in [2.24, 2.45) is 5.41 Å². The predicted molar refractivity (Wildman–Crippen MR) is 92.8 cm³/mol. The molecular formula is C19H27N2O4+. The number of aliphatic carboxylic acids is 1. The van der Waals surface area contributed by atoms with E-state index in [2.05, 4.69) is 4.98 Å². The number of hydrogen-bond acceptors (Lipinski definition) is 4. The fourth-order valence-corrected chi connectivity index (χ4v) is 3.84. The number of carboxylic acids is 1. The molecule has 0 spiro atoms. The van der Waals surface area contributed by atoms with Gasteiger partial charge in [-0.1, -0.05) is 33.8 Å². The van der Waals surface area contributed by atoms with Crippen LogP contribution < -0.4 is 0 Å². The maximum atomic E-state index is 13.1. The van der Waals surface area contributed by atoms with Gasteiger partial charge in [-0.3, -0.25) is 9.78 Å². The number of Topliss-reactive ketones (excluding diaryl/α,β-unsaturated/α-hetero) is 1. The Labute approximate surface area is 148 Å². The van der Waals surface area contributed by atoms with Crippen molar-refractivity contribution < 1.29 is 24.0 Å². The highest BCUT2D eigenvalue weighted by Gasteiger charge is 2.59. The fraction of sp³-hybridized carbons (Fsp3) is 0.579. The van der Waals surface area contributed by atoms with E-state index in [0.29, 0.717) is 25.9 Å². The van der Waals surface area contributed by atoms with Crippen molar-refractivity contribution in [3.05, 3.63) is 30.1 Å². The van der Waals surface area contributed by atoms with Gasteiger partial charge in [0.15, 0.2) is 0 Å². The molecule has 1 aromatic rings. The number of nitrogens with zero attached hydrogens (tertiary/aromatic N) is 2. The minimum Gasteiger partial charge on any atom is -0.477 e. The van der Waals surface area contributed by atoms with Gasteiger partial charge < -0.3 is 5.11 Å². The first-order valence-electron chi connectivity index (χ1n) is 8.74. The second-order valence-electron chi connectivity index (χ2n) is 7.83. The summed E-state index contributed by atoms with van der Waals surface area (Å²) in [5, 5.41) is 9.94. The van der Waals surface area contributed by atoms with Crippen LogP contribution >= 0.6 is 0 Å². The topological polar surface area (TPSA) is 84.3 Å². The Morgan fingerprint density at radius 1 is 1.32 bits per heavy atom. The Kier molecular flexibility index (Phi) is 5.42. The van der Waals surface area contributed by atoms with Crippen molar-refractivity contribution in [3.8, 4) is 0 Å². The van der Waals surface area contributed by atoms with Gasteiger partial charge in [-0.05, 0) is 18.1 Å². The van der Waals surface area contributed by atoms with Crippen LogP contribution in [0.4, 0.5) is 0 Å². The van der Waals surface area contributed by atoms with E-state index in [-0.39, 0.29) is 10.4 Å². The van der Waals surface area contributed by atoms with Gasteiger partial charge in [0.05, 0.1) is 19.0 Å². The van der Waals surface area contributed by atoms with Gasteiger partial charge in [0, 0.05) is 24.2 Å². The molecule has 2 heterocycles. The zero-order chi connectivity index (χ0) is 18.8. The Hall–Kier alpha value is -2.08. The third kappa shape index (κ3) is 3.49. The molecule has 2 rings (SSSR count). The summed E-state index contributed by atoms with van der Waals surface area (Å²) in [5.41, 5.74) is -0.0204. The predicted octanol–water partition coefficient (Wildman–Crippen LogP) is 2.39. The number of hydrogen-bond donors (Lipinski definition) is 1. The Morgan fingerprint density at radius 2 is 2.00 bits per heavy atom. The summed E-state index contributed by atoms with van der Waals surface area (Å²) >= 11 is 0. The lowest BCUT2D eigenvalue weighted by molar-refractivity contribution is -0.855. The molecule has 1 fully saturated rings. The maximum absolute atomic E-state index is 13.1. The summed E-state index contributed by atoms with van der Waals surface area (Å²) in [6, 6.07) is 2.65. The quantitative estimate of drug-likeness (QED) is 0.653. The first-order valence-corrected chi connectivity index (χ1v) is 8.74. The highest BCUT2D eigenvalue weighted by molar-refractivity contribution is 6.35. The van der Waals surface area contributed by atoms with Gasteiger partial charge in [-0.2, -0.15) is 0 Å². The SMILES string of the molecule is CCC[N+]1(C(=O)C(=O)C(C)(C)C)CCC(c2cccnc2)[C@H]1C(=O)O. The first kappa shape index (κ1) is 19.2. The van der Waals surface area contributed by atoms with Gasteiger partial charge in [0.2, 0.25) is 6.04 Å². The van der Waals surface area contributed by atoms with Crippen molar-refractivity contribution >= 4 is 17.7 Å². The van der Waals surface area contributed by atoms with Gasteiger partial charge in [0.1, 0.15) is 0 Å². The van der Waals surface area contributed by atoms with E-state index in [0.717, 1.165) is 5.56 Å². The van der Waals surface area contributed by atoms with Gasteiger partial charge in [0.25, 0.3) is 5.78 Å². The number of amides is 1. The van der Waals surface area contributed by atoms with Crippen LogP contribution in [0, 0.1) is 5.41 Å². The molecule has 1 aromatic heterocycles. The van der Waals surface area contributed by atoms with Crippen molar-refractivity contribution in [3.63, 3.8) is 0 Å². The molecule has 1 N–H and O–H groups in total. The normalized spacial score (nSPS) is 26.4. The molecule has 0 radical (unpaired) electrons. The van der Waals surface area contributed by atoms with E-state index >= 15 is 0 Å². The van der Waals surface area contributed by atoms with Crippen LogP contribution in [0.5, 0.6) is 0 Å². The summed E-state index contributed by atoms with van der Waals surface area (Å²) in [6.45, 7) is 7.71. The molecule has 1 aliphatic heterocycles. The van der Waals surface area contributed by atoms with E-state index in [1.54, 1.807) is 39.2 Å². The second-order valence-corrected chi connectivity index (χ2v) is 7.83. The van der Waals surface area contributed by atoms with Gasteiger partial charge in [-0.25, -0.2) is 14.1 Å². The number of carbonyl (C=O) groups excluding carboxylic acids is 2. The highest BCUT2D eigenvalue weighted by Crippen LogP contribution is 2.40. The van der Waals surface area contributed by atoms with Crippen LogP contribution in [0.2, 0.25) is 0 Å². The van der Waals surface area contributed by atoms with Gasteiger partial charge >= 0.3 is 11.9 Å². The number of carboxylic acid groups (broad SMARTS) is 1. The molecule has 0 bridgehead atoms. The number of aromatic nitrogens is 1. The number of ketones is 1. The van der Waals surface area contributed by atoms with Crippen LogP contribution in [0.3, 0.4) is 0 Å². The minimum atomic E-state index is -1.03. The van der Waals surface area contributed by atoms with E-state index in [1.807, 2.05) is 13.0 Å². The molecule has 0 aliphatic carbocycles. The van der Waals surface area contributed by atoms with Crippen LogP contribution in [-0.2, 0) is 14.4 Å². The molecule has 0 aromatic carbocycles. The molecule has 6 heteroatoms. The standard InChI is InChI=1S/C19H26N2O4/c1-5-10-21(17(23)16(22)19(2,3)4)11-8-14(15(21)18(24)25)13-7-6-9-20-12-13/h6-7,9,12,14-15H,5,8,10-11H2,1-4H3/p+1/t14?,15-,21?/m0/s1. The summed E-state index contributed by atoms with van der Waals surface area (Å²) in [5.74, 6) is -2.43. The van der Waals surface area contributed by atoms with E-state index < -0.39 is 29.1 Å². The first-order chi connectivity index (χ1) is 11.6. The number of rotatable bonds is 5. The Morgan fingerprint density at radius 3 is 2.48 bits per heavy atom. The average Bonchev–Trinajstić information content (AvgIpc) is 2.94. The lowest BCUT2D eigenvalue weighted by Crippen LogP contribution is -2.63. The third-order valence-corrected chi connectivity index (χ3v) is 5.02.